The van der Waals surface area contributed by atoms with Gasteiger partial charge in [-0.3, -0.25) is 0 Å². The molecule has 0 heterocycles. The molecule has 0 rings (SSSR count). The molecule has 0 spiro atoms. The van der Waals surface area contributed by atoms with Gasteiger partial charge < -0.3 is 9.42 Å². The fraction of sp³-hybridized carbons (Fsp3) is 1.00. The van der Waals surface area contributed by atoms with E-state index in [4.69, 9.17) is 4.52 Å². The van der Waals surface area contributed by atoms with Crippen molar-refractivity contribution < 1.29 is 4.52 Å². The van der Waals surface area contributed by atoms with Crippen LogP contribution in [0.4, 0.5) is 0 Å². The zero-order valence-corrected chi connectivity index (χ0v) is 9.01. The first-order valence-corrected chi connectivity index (χ1v) is 6.91. The van der Waals surface area contributed by atoms with Crippen molar-refractivity contribution in [1.29, 1.82) is 0 Å². The maximum absolute atomic E-state index is 5.17. The Kier molecular flexibility index (Phi) is 8.05. The maximum Gasteiger partial charge on any atom is 0.0793 e. The minimum atomic E-state index is 0.613. The SMILES string of the molecule is CN(C)CCCOPI. The summed E-state index contributed by atoms with van der Waals surface area (Å²) in [6.45, 7) is 2.64. The summed E-state index contributed by atoms with van der Waals surface area (Å²) in [4.78, 5) is 2.17. The lowest BCUT2D eigenvalue weighted by atomic mass is 10.4. The minimum absolute atomic E-state index is 0.613. The van der Waals surface area contributed by atoms with Crippen LogP contribution in [0.25, 0.3) is 0 Å². The molecule has 2 nitrogen and oxygen atoms in total. The molecule has 4 heteroatoms. The predicted molar refractivity (Wildman–Crippen MR) is 51.5 cm³/mol. The van der Waals surface area contributed by atoms with E-state index in [0.29, 0.717) is 6.45 Å². The summed E-state index contributed by atoms with van der Waals surface area (Å²) in [6, 6.07) is 0. The number of hydrogen-bond acceptors (Lipinski definition) is 2. The second-order valence-corrected chi connectivity index (χ2v) is 3.85. The Labute approximate surface area is 71.7 Å². The van der Waals surface area contributed by atoms with Gasteiger partial charge in [-0.15, -0.1) is 0 Å². The van der Waals surface area contributed by atoms with Gasteiger partial charge >= 0.3 is 0 Å². The van der Waals surface area contributed by atoms with Crippen LogP contribution in [-0.4, -0.2) is 32.1 Å². The molecule has 0 N–H and O–H groups in total. The number of hydrogen-bond donors (Lipinski definition) is 0. The molecule has 0 fully saturated rings. The van der Waals surface area contributed by atoms with Crippen LogP contribution < -0.4 is 0 Å². The fourth-order valence-corrected chi connectivity index (χ4v) is 1.37. The van der Waals surface area contributed by atoms with E-state index in [9.17, 15) is 0 Å². The Morgan fingerprint density at radius 3 is 2.67 bits per heavy atom. The summed E-state index contributed by atoms with van der Waals surface area (Å²) >= 11 is 2.24. The molecule has 0 saturated heterocycles. The second-order valence-electron chi connectivity index (χ2n) is 2.08. The number of nitrogens with zero attached hydrogens (tertiary/aromatic N) is 1. The van der Waals surface area contributed by atoms with Gasteiger partial charge in [0.05, 0.1) is 13.1 Å². The molecule has 0 bridgehead atoms. The second kappa shape index (κ2) is 7.19. The first kappa shape index (κ1) is 10.1. The van der Waals surface area contributed by atoms with Crippen LogP contribution in [0.5, 0.6) is 0 Å². The Bertz CT molecular complexity index is 62.9. The quantitative estimate of drug-likeness (QED) is 0.425. The highest BCUT2D eigenvalue weighted by atomic mass is 127. The molecule has 0 aliphatic rings. The van der Waals surface area contributed by atoms with Crippen LogP contribution in [-0.2, 0) is 4.52 Å². The standard InChI is InChI=1S/C5H13INOP/c1-7(2)4-3-5-8-9-6/h9H,3-5H2,1-2H3. The molecule has 0 aromatic rings. The highest BCUT2D eigenvalue weighted by Crippen LogP contribution is 2.21. The van der Waals surface area contributed by atoms with E-state index < -0.39 is 0 Å². The molecule has 0 radical (unpaired) electrons. The largest absolute Gasteiger partial charge is 0.352 e. The lowest BCUT2D eigenvalue weighted by molar-refractivity contribution is 0.314. The van der Waals surface area contributed by atoms with Crippen molar-refractivity contribution in [3.8, 4) is 0 Å². The van der Waals surface area contributed by atoms with E-state index >= 15 is 0 Å². The zero-order valence-electron chi connectivity index (χ0n) is 5.85. The molecular weight excluding hydrogens is 248 g/mol. The predicted octanol–water partition coefficient (Wildman–Crippen LogP) is 1.90. The summed E-state index contributed by atoms with van der Waals surface area (Å²) in [6.07, 6.45) is 1.14. The van der Waals surface area contributed by atoms with E-state index in [2.05, 4.69) is 41.0 Å². The summed E-state index contributed by atoms with van der Waals surface area (Å²) in [5, 5.41) is 0. The smallest absolute Gasteiger partial charge is 0.0793 e. The number of rotatable bonds is 5. The van der Waals surface area contributed by atoms with Gasteiger partial charge in [-0.2, -0.15) is 0 Å². The van der Waals surface area contributed by atoms with Crippen molar-refractivity contribution in [1.82, 2.24) is 4.90 Å². The van der Waals surface area contributed by atoms with Crippen molar-refractivity contribution in [2.24, 2.45) is 0 Å². The fourth-order valence-electron chi connectivity index (χ4n) is 0.492. The zero-order chi connectivity index (χ0) is 7.11. The molecule has 0 aromatic heterocycles. The van der Waals surface area contributed by atoms with Crippen LogP contribution in [0.2, 0.25) is 0 Å². The highest BCUT2D eigenvalue weighted by molar-refractivity contribution is 14.2. The summed E-state index contributed by atoms with van der Waals surface area (Å²) in [7, 11) is 4.15. The van der Waals surface area contributed by atoms with Crippen molar-refractivity contribution in [3.63, 3.8) is 0 Å². The molecule has 1 atom stereocenters. The topological polar surface area (TPSA) is 12.5 Å². The van der Waals surface area contributed by atoms with E-state index in [1.807, 2.05) is 0 Å². The summed E-state index contributed by atoms with van der Waals surface area (Å²) in [5.74, 6) is 0. The third-order valence-electron chi connectivity index (χ3n) is 0.906. The van der Waals surface area contributed by atoms with Gasteiger partial charge in [0.1, 0.15) is 0 Å². The van der Waals surface area contributed by atoms with E-state index in [1.54, 1.807) is 0 Å². The van der Waals surface area contributed by atoms with Crippen molar-refractivity contribution in [3.05, 3.63) is 0 Å². The average molecular weight is 261 g/mol. The Balaban J connectivity index is 2.75. The molecule has 0 aromatic carbocycles. The molecular formula is C5H13INOP. The van der Waals surface area contributed by atoms with Crippen LogP contribution in [0, 0.1) is 0 Å². The molecule has 1 unspecified atom stereocenters. The molecule has 0 aliphatic heterocycles. The van der Waals surface area contributed by atoms with Crippen LogP contribution >= 0.6 is 28.5 Å². The van der Waals surface area contributed by atoms with Gasteiger partial charge in [-0.1, -0.05) is 0 Å². The minimum Gasteiger partial charge on any atom is -0.352 e. The average Bonchev–Trinajstić information content (AvgIpc) is 1.80. The Hall–Kier alpha value is 1.08. The third-order valence-corrected chi connectivity index (χ3v) is 2.15. The molecule has 56 valence electrons. The van der Waals surface area contributed by atoms with Gasteiger partial charge in [0.2, 0.25) is 0 Å². The highest BCUT2D eigenvalue weighted by Gasteiger charge is 1.88. The monoisotopic (exact) mass is 261 g/mol. The maximum atomic E-state index is 5.17. The van der Waals surface area contributed by atoms with Gasteiger partial charge in [0.15, 0.2) is 0 Å². The van der Waals surface area contributed by atoms with Gasteiger partial charge in [-0.05, 0) is 49.1 Å². The molecule has 0 aliphatic carbocycles. The van der Waals surface area contributed by atoms with Crippen LogP contribution in [0.3, 0.4) is 0 Å². The molecule has 9 heavy (non-hydrogen) atoms. The van der Waals surface area contributed by atoms with Crippen molar-refractivity contribution >= 4 is 28.5 Å². The first-order valence-electron chi connectivity index (χ1n) is 2.89. The summed E-state index contributed by atoms with van der Waals surface area (Å²) < 4.78 is 5.17. The normalized spacial score (nSPS) is 12.0. The molecule has 0 amide bonds. The Morgan fingerprint density at radius 2 is 2.22 bits per heavy atom. The molecule has 0 saturated carbocycles. The summed E-state index contributed by atoms with van der Waals surface area (Å²) in [5.41, 5.74) is 0. The van der Waals surface area contributed by atoms with Crippen LogP contribution in [0.15, 0.2) is 0 Å². The van der Waals surface area contributed by atoms with Crippen LogP contribution in [0.1, 0.15) is 6.42 Å². The van der Waals surface area contributed by atoms with Gasteiger partial charge in [0.25, 0.3) is 0 Å². The van der Waals surface area contributed by atoms with Crippen molar-refractivity contribution in [2.75, 3.05) is 27.2 Å². The van der Waals surface area contributed by atoms with Gasteiger partial charge in [-0.25, -0.2) is 0 Å². The van der Waals surface area contributed by atoms with E-state index in [-0.39, 0.29) is 0 Å². The van der Waals surface area contributed by atoms with E-state index in [1.165, 1.54) is 0 Å². The van der Waals surface area contributed by atoms with Gasteiger partial charge in [0, 0.05) is 0 Å². The van der Waals surface area contributed by atoms with E-state index in [0.717, 1.165) is 19.6 Å². The number of halogens is 1. The first-order chi connectivity index (χ1) is 4.27. The lowest BCUT2D eigenvalue weighted by Gasteiger charge is -2.07. The lowest BCUT2D eigenvalue weighted by Crippen LogP contribution is -2.13. The third kappa shape index (κ3) is 9.08. The Morgan fingerprint density at radius 1 is 1.56 bits per heavy atom. The van der Waals surface area contributed by atoms with Crippen molar-refractivity contribution in [2.45, 2.75) is 6.42 Å².